The summed E-state index contributed by atoms with van der Waals surface area (Å²) >= 11 is 0. The number of carbonyl (C=O) groups excluding carboxylic acids is 1. The molecule has 2 unspecified atom stereocenters. The van der Waals surface area contributed by atoms with Crippen molar-refractivity contribution in [3.8, 4) is 0 Å². The Labute approximate surface area is 173 Å². The number of hydrogen-bond acceptors (Lipinski definition) is 3. The standard InChI is InChI=1S/C19H30N4O2.HI/c1-3-15(2)22-18(20-9-7-16-6-4-11-25-16)23-10-5-8-19(14-23)12-17(24)21-13-19;/h4,6,11,15H,3,5,7-10,12-14H2,1-2H3,(H,20,22)(H,21,24);1H. The van der Waals surface area contributed by atoms with E-state index in [9.17, 15) is 4.79 Å². The van der Waals surface area contributed by atoms with E-state index in [2.05, 4.69) is 29.4 Å². The summed E-state index contributed by atoms with van der Waals surface area (Å²) < 4.78 is 5.40. The lowest BCUT2D eigenvalue weighted by Gasteiger charge is -2.41. The Morgan fingerprint density at radius 1 is 1.54 bits per heavy atom. The van der Waals surface area contributed by atoms with Gasteiger partial charge in [-0.15, -0.1) is 24.0 Å². The second-order valence-electron chi connectivity index (χ2n) is 7.47. The number of piperidine rings is 1. The summed E-state index contributed by atoms with van der Waals surface area (Å²) in [5.74, 6) is 2.12. The fourth-order valence-corrected chi connectivity index (χ4v) is 3.72. The molecular formula is C19H31IN4O2. The molecule has 2 saturated heterocycles. The molecule has 146 valence electrons. The van der Waals surface area contributed by atoms with Crippen molar-refractivity contribution in [2.24, 2.45) is 10.4 Å². The highest BCUT2D eigenvalue weighted by molar-refractivity contribution is 14.0. The van der Waals surface area contributed by atoms with Gasteiger partial charge in [-0.3, -0.25) is 9.79 Å². The van der Waals surface area contributed by atoms with Gasteiger partial charge in [-0.25, -0.2) is 0 Å². The minimum Gasteiger partial charge on any atom is -0.469 e. The largest absolute Gasteiger partial charge is 0.469 e. The fraction of sp³-hybridized carbons (Fsp3) is 0.684. The van der Waals surface area contributed by atoms with Crippen LogP contribution in [0.4, 0.5) is 0 Å². The maximum Gasteiger partial charge on any atom is 0.220 e. The van der Waals surface area contributed by atoms with Crippen LogP contribution in [0.15, 0.2) is 27.8 Å². The summed E-state index contributed by atoms with van der Waals surface area (Å²) in [4.78, 5) is 18.9. The highest BCUT2D eigenvalue weighted by atomic mass is 127. The van der Waals surface area contributed by atoms with Gasteiger partial charge in [-0.05, 0) is 38.3 Å². The van der Waals surface area contributed by atoms with Gasteiger partial charge in [0.15, 0.2) is 5.96 Å². The molecule has 3 rings (SSSR count). The van der Waals surface area contributed by atoms with E-state index < -0.39 is 0 Å². The van der Waals surface area contributed by atoms with Crippen LogP contribution in [-0.4, -0.2) is 49.0 Å². The number of rotatable bonds is 5. The van der Waals surface area contributed by atoms with E-state index in [0.717, 1.165) is 57.0 Å². The molecule has 2 N–H and O–H groups in total. The Bertz CT molecular complexity index is 605. The maximum absolute atomic E-state index is 11.7. The number of halogens is 1. The van der Waals surface area contributed by atoms with Crippen LogP contribution in [0.3, 0.4) is 0 Å². The van der Waals surface area contributed by atoms with Gasteiger partial charge in [-0.1, -0.05) is 6.92 Å². The van der Waals surface area contributed by atoms with E-state index in [1.165, 1.54) is 0 Å². The summed E-state index contributed by atoms with van der Waals surface area (Å²) in [5, 5.41) is 6.59. The fourth-order valence-electron chi connectivity index (χ4n) is 3.72. The Morgan fingerprint density at radius 3 is 3.04 bits per heavy atom. The quantitative estimate of drug-likeness (QED) is 0.391. The van der Waals surface area contributed by atoms with Gasteiger partial charge in [0.2, 0.25) is 5.91 Å². The molecule has 0 aliphatic carbocycles. The third-order valence-electron chi connectivity index (χ3n) is 5.34. The number of carbonyl (C=O) groups is 1. The van der Waals surface area contributed by atoms with Gasteiger partial charge in [0.1, 0.15) is 5.76 Å². The molecule has 1 aromatic rings. The van der Waals surface area contributed by atoms with Gasteiger partial charge >= 0.3 is 0 Å². The molecule has 0 saturated carbocycles. The average molecular weight is 474 g/mol. The van der Waals surface area contributed by atoms with Crippen molar-refractivity contribution in [3.05, 3.63) is 24.2 Å². The molecule has 1 aromatic heterocycles. The van der Waals surface area contributed by atoms with Crippen LogP contribution in [0.2, 0.25) is 0 Å². The van der Waals surface area contributed by atoms with Gasteiger partial charge in [0, 0.05) is 50.5 Å². The number of furan rings is 1. The minimum absolute atomic E-state index is 0. The molecule has 0 radical (unpaired) electrons. The van der Waals surface area contributed by atoms with E-state index in [1.54, 1.807) is 6.26 Å². The van der Waals surface area contributed by atoms with E-state index in [4.69, 9.17) is 9.41 Å². The molecule has 1 amide bonds. The molecule has 0 aromatic carbocycles. The second-order valence-corrected chi connectivity index (χ2v) is 7.47. The van der Waals surface area contributed by atoms with Crippen LogP contribution >= 0.6 is 24.0 Å². The molecule has 2 atom stereocenters. The number of nitrogens with one attached hydrogen (secondary N) is 2. The lowest BCUT2D eigenvalue weighted by molar-refractivity contribution is -0.119. The predicted molar refractivity (Wildman–Crippen MR) is 114 cm³/mol. The number of aliphatic imine (C=N–C) groups is 1. The Hall–Kier alpha value is -1.25. The lowest BCUT2D eigenvalue weighted by Crippen LogP contribution is -2.53. The minimum atomic E-state index is 0. The smallest absolute Gasteiger partial charge is 0.220 e. The number of guanidine groups is 1. The summed E-state index contributed by atoms with van der Waals surface area (Å²) in [5.41, 5.74) is 0.0776. The van der Waals surface area contributed by atoms with Crippen LogP contribution in [0.25, 0.3) is 0 Å². The van der Waals surface area contributed by atoms with Crippen molar-refractivity contribution in [2.45, 2.75) is 52.0 Å². The van der Waals surface area contributed by atoms with E-state index in [-0.39, 0.29) is 35.3 Å². The first kappa shape index (κ1) is 21.1. The van der Waals surface area contributed by atoms with Gasteiger partial charge in [-0.2, -0.15) is 0 Å². The van der Waals surface area contributed by atoms with Crippen molar-refractivity contribution < 1.29 is 9.21 Å². The van der Waals surface area contributed by atoms with E-state index in [0.29, 0.717) is 19.0 Å². The van der Waals surface area contributed by atoms with Crippen molar-refractivity contribution in [3.63, 3.8) is 0 Å². The van der Waals surface area contributed by atoms with Crippen molar-refractivity contribution in [1.29, 1.82) is 0 Å². The molecule has 6 nitrogen and oxygen atoms in total. The molecule has 0 bridgehead atoms. The zero-order valence-corrected chi connectivity index (χ0v) is 18.1. The van der Waals surface area contributed by atoms with E-state index >= 15 is 0 Å². The van der Waals surface area contributed by atoms with Gasteiger partial charge in [0.25, 0.3) is 0 Å². The van der Waals surface area contributed by atoms with Crippen molar-refractivity contribution >= 4 is 35.8 Å². The summed E-state index contributed by atoms with van der Waals surface area (Å²) in [7, 11) is 0. The predicted octanol–water partition coefficient (Wildman–Crippen LogP) is 2.79. The topological polar surface area (TPSA) is 69.9 Å². The van der Waals surface area contributed by atoms with Crippen molar-refractivity contribution in [2.75, 3.05) is 26.2 Å². The molecule has 1 spiro atoms. The van der Waals surface area contributed by atoms with Crippen LogP contribution in [0.5, 0.6) is 0 Å². The molecule has 7 heteroatoms. The Balaban J connectivity index is 0.00000243. The molecular weight excluding hydrogens is 443 g/mol. The summed E-state index contributed by atoms with van der Waals surface area (Å²) in [6, 6.07) is 4.28. The van der Waals surface area contributed by atoms with Crippen LogP contribution in [0.1, 0.15) is 45.3 Å². The highest BCUT2D eigenvalue weighted by Crippen LogP contribution is 2.36. The second kappa shape index (κ2) is 9.62. The van der Waals surface area contributed by atoms with Crippen LogP contribution in [0, 0.1) is 5.41 Å². The normalized spacial score (nSPS) is 24.3. The Morgan fingerprint density at radius 2 is 2.38 bits per heavy atom. The first-order valence-electron chi connectivity index (χ1n) is 9.45. The zero-order chi connectivity index (χ0) is 17.7. The monoisotopic (exact) mass is 474 g/mol. The lowest BCUT2D eigenvalue weighted by atomic mass is 9.79. The van der Waals surface area contributed by atoms with E-state index in [1.807, 2.05) is 12.1 Å². The summed E-state index contributed by atoms with van der Waals surface area (Å²) in [6.07, 6.45) is 6.43. The number of likely N-dealkylation sites (tertiary alicyclic amines) is 1. The van der Waals surface area contributed by atoms with Gasteiger partial charge in [0.05, 0.1) is 6.26 Å². The average Bonchev–Trinajstić information content (AvgIpc) is 3.24. The molecule has 2 fully saturated rings. The third kappa shape index (κ3) is 5.37. The summed E-state index contributed by atoms with van der Waals surface area (Å²) in [6.45, 7) is 7.75. The van der Waals surface area contributed by atoms with Crippen molar-refractivity contribution in [1.82, 2.24) is 15.5 Å². The first-order chi connectivity index (χ1) is 12.1. The number of amides is 1. The molecule has 2 aliphatic heterocycles. The maximum atomic E-state index is 11.7. The SMILES string of the molecule is CCC(C)NC(=NCCc1ccco1)N1CCCC2(CNC(=O)C2)C1.I. The first-order valence-corrected chi connectivity index (χ1v) is 9.45. The molecule has 2 aliphatic rings. The third-order valence-corrected chi connectivity index (χ3v) is 5.34. The molecule has 3 heterocycles. The number of nitrogens with zero attached hydrogens (tertiary/aromatic N) is 2. The van der Waals surface area contributed by atoms with Crippen LogP contribution < -0.4 is 10.6 Å². The Kier molecular flexibility index (Phi) is 7.79. The molecule has 26 heavy (non-hydrogen) atoms. The van der Waals surface area contributed by atoms with Crippen LogP contribution in [-0.2, 0) is 11.2 Å². The van der Waals surface area contributed by atoms with Gasteiger partial charge < -0.3 is 20.0 Å². The zero-order valence-electron chi connectivity index (χ0n) is 15.8. The number of hydrogen-bond donors (Lipinski definition) is 2. The highest BCUT2D eigenvalue weighted by Gasteiger charge is 2.42.